The summed E-state index contributed by atoms with van der Waals surface area (Å²) in [5.41, 5.74) is -0.516. The number of methoxy groups -OCH3 is 1. The molecule has 0 radical (unpaired) electrons. The van der Waals surface area contributed by atoms with E-state index in [4.69, 9.17) is 18.9 Å². The van der Waals surface area contributed by atoms with E-state index in [-0.39, 0.29) is 18.0 Å². The fourth-order valence-electron chi connectivity index (χ4n) is 2.73. The van der Waals surface area contributed by atoms with Crippen LogP contribution in [-0.2, 0) is 23.7 Å². The molecule has 0 aliphatic carbocycles. The number of hydrogen-bond donors (Lipinski definition) is 0. The van der Waals surface area contributed by atoms with E-state index < -0.39 is 11.6 Å². The van der Waals surface area contributed by atoms with Gasteiger partial charge in [-0.1, -0.05) is 0 Å². The van der Waals surface area contributed by atoms with Gasteiger partial charge < -0.3 is 23.8 Å². The number of ether oxygens (including phenoxy) is 4. The maximum absolute atomic E-state index is 12.3. The molecule has 1 amide bonds. The van der Waals surface area contributed by atoms with E-state index in [0.29, 0.717) is 39.0 Å². The average molecular weight is 329 g/mol. The molecular formula is C16H27NO6. The smallest absolute Gasteiger partial charge is 0.410 e. The second-order valence-electron chi connectivity index (χ2n) is 7.00. The summed E-state index contributed by atoms with van der Waals surface area (Å²) in [7, 11) is 1.48. The van der Waals surface area contributed by atoms with Gasteiger partial charge >= 0.3 is 18.0 Å². The normalized spacial score (nSPS) is 26.2. The Bertz CT molecular complexity index is 430. The molecule has 0 aromatic heterocycles. The Hall–Kier alpha value is -1.34. The first-order valence-electron chi connectivity index (χ1n) is 8.14. The minimum Gasteiger partial charge on any atom is -0.444 e. The van der Waals surface area contributed by atoms with Crippen molar-refractivity contribution in [2.75, 3.05) is 26.8 Å². The van der Waals surface area contributed by atoms with E-state index in [1.54, 1.807) is 4.90 Å². The van der Waals surface area contributed by atoms with Crippen molar-refractivity contribution in [3.8, 4) is 0 Å². The van der Waals surface area contributed by atoms with Gasteiger partial charge in [0.1, 0.15) is 5.60 Å². The van der Waals surface area contributed by atoms with Gasteiger partial charge in [-0.3, -0.25) is 4.79 Å². The number of nitrogens with zero attached hydrogens (tertiary/aromatic N) is 1. The number of piperidine rings is 1. The molecule has 0 spiro atoms. The Balaban J connectivity index is 1.82. The van der Waals surface area contributed by atoms with Crippen LogP contribution in [0.5, 0.6) is 0 Å². The van der Waals surface area contributed by atoms with Crippen LogP contribution >= 0.6 is 0 Å². The van der Waals surface area contributed by atoms with Crippen LogP contribution in [0.15, 0.2) is 0 Å². The standard InChI is InChI=1S/C16H27NO6/c1-15(2,3)23-14(19)17-9-6-12(7-10-17)13(18)22-16(20-4)8-5-11-21-16/h12H,5-11H2,1-4H3. The van der Waals surface area contributed by atoms with Crippen LogP contribution in [0, 0.1) is 5.92 Å². The first-order valence-corrected chi connectivity index (χ1v) is 8.14. The van der Waals surface area contributed by atoms with E-state index in [9.17, 15) is 9.59 Å². The van der Waals surface area contributed by atoms with Crippen LogP contribution in [0.25, 0.3) is 0 Å². The van der Waals surface area contributed by atoms with Crippen molar-refractivity contribution < 1.29 is 28.5 Å². The van der Waals surface area contributed by atoms with Gasteiger partial charge in [0, 0.05) is 26.6 Å². The van der Waals surface area contributed by atoms with Crippen LogP contribution in [0.1, 0.15) is 46.5 Å². The molecule has 0 bridgehead atoms. The first-order chi connectivity index (χ1) is 10.7. The van der Waals surface area contributed by atoms with Crippen LogP contribution in [0.4, 0.5) is 4.79 Å². The summed E-state index contributed by atoms with van der Waals surface area (Å²) in [6, 6.07) is 0. The van der Waals surface area contributed by atoms with Crippen molar-refractivity contribution in [2.45, 2.75) is 58.0 Å². The quantitative estimate of drug-likeness (QED) is 0.584. The van der Waals surface area contributed by atoms with E-state index in [2.05, 4.69) is 0 Å². The van der Waals surface area contributed by atoms with Crippen molar-refractivity contribution in [3.05, 3.63) is 0 Å². The minimum atomic E-state index is -1.22. The molecular weight excluding hydrogens is 302 g/mol. The van der Waals surface area contributed by atoms with Crippen LogP contribution < -0.4 is 0 Å². The molecule has 0 saturated carbocycles. The van der Waals surface area contributed by atoms with Gasteiger partial charge in [0.15, 0.2) is 0 Å². The molecule has 2 heterocycles. The van der Waals surface area contributed by atoms with Gasteiger partial charge in [0.2, 0.25) is 0 Å². The SMILES string of the molecule is COC1(OC(=O)C2CCN(C(=O)OC(C)(C)C)CC2)CCCO1. The lowest BCUT2D eigenvalue weighted by atomic mass is 9.97. The number of likely N-dealkylation sites (tertiary alicyclic amines) is 1. The topological polar surface area (TPSA) is 74.3 Å². The molecule has 7 nitrogen and oxygen atoms in total. The van der Waals surface area contributed by atoms with Gasteiger partial charge in [0.05, 0.1) is 12.5 Å². The van der Waals surface area contributed by atoms with Crippen LogP contribution in [-0.4, -0.2) is 55.3 Å². The molecule has 0 aromatic carbocycles. The third-order valence-corrected chi connectivity index (χ3v) is 4.00. The third kappa shape index (κ3) is 4.81. The van der Waals surface area contributed by atoms with Gasteiger partial charge in [-0.15, -0.1) is 0 Å². The van der Waals surface area contributed by atoms with E-state index in [1.165, 1.54) is 7.11 Å². The molecule has 2 fully saturated rings. The summed E-state index contributed by atoms with van der Waals surface area (Å²) in [5.74, 6) is -1.79. The zero-order chi connectivity index (χ0) is 17.1. The lowest BCUT2D eigenvalue weighted by molar-refractivity contribution is -0.335. The van der Waals surface area contributed by atoms with E-state index in [0.717, 1.165) is 6.42 Å². The largest absolute Gasteiger partial charge is 0.444 e. The molecule has 7 heteroatoms. The molecule has 2 saturated heterocycles. The van der Waals surface area contributed by atoms with Gasteiger partial charge in [-0.25, -0.2) is 4.79 Å². The summed E-state index contributed by atoms with van der Waals surface area (Å²) in [6.07, 6.45) is 2.12. The highest BCUT2D eigenvalue weighted by Crippen LogP contribution is 2.30. The highest BCUT2D eigenvalue weighted by Gasteiger charge is 2.42. The molecule has 2 rings (SSSR count). The fraction of sp³-hybridized carbons (Fsp3) is 0.875. The van der Waals surface area contributed by atoms with Gasteiger partial charge in [-0.2, -0.15) is 0 Å². The number of carbonyl (C=O) groups excluding carboxylic acids is 2. The van der Waals surface area contributed by atoms with Crippen molar-refractivity contribution in [1.82, 2.24) is 4.90 Å². The first kappa shape index (κ1) is 18.0. The number of rotatable bonds is 3. The summed E-state index contributed by atoms with van der Waals surface area (Å²) >= 11 is 0. The Labute approximate surface area is 137 Å². The molecule has 0 N–H and O–H groups in total. The summed E-state index contributed by atoms with van der Waals surface area (Å²) < 4.78 is 21.4. The zero-order valence-electron chi connectivity index (χ0n) is 14.4. The van der Waals surface area contributed by atoms with E-state index in [1.807, 2.05) is 20.8 Å². The van der Waals surface area contributed by atoms with Crippen molar-refractivity contribution in [2.24, 2.45) is 5.92 Å². The Morgan fingerprint density at radius 3 is 2.35 bits per heavy atom. The van der Waals surface area contributed by atoms with Gasteiger partial charge in [0.25, 0.3) is 0 Å². The number of carbonyl (C=O) groups is 2. The molecule has 0 aromatic rings. The molecule has 23 heavy (non-hydrogen) atoms. The molecule has 1 atom stereocenters. The Morgan fingerprint density at radius 1 is 1.22 bits per heavy atom. The van der Waals surface area contributed by atoms with Crippen molar-refractivity contribution in [1.29, 1.82) is 0 Å². The molecule has 132 valence electrons. The van der Waals surface area contributed by atoms with Crippen molar-refractivity contribution in [3.63, 3.8) is 0 Å². The highest BCUT2D eigenvalue weighted by molar-refractivity contribution is 5.74. The second-order valence-corrected chi connectivity index (χ2v) is 7.00. The second kappa shape index (κ2) is 7.05. The Morgan fingerprint density at radius 2 is 1.87 bits per heavy atom. The maximum atomic E-state index is 12.3. The lowest BCUT2D eigenvalue weighted by Gasteiger charge is -2.34. The zero-order valence-corrected chi connectivity index (χ0v) is 14.4. The number of amides is 1. The minimum absolute atomic E-state index is 0.245. The monoisotopic (exact) mass is 329 g/mol. The predicted octanol–water partition coefficient (Wildman–Crippen LogP) is 2.29. The summed E-state index contributed by atoms with van der Waals surface area (Å²) in [4.78, 5) is 26.0. The van der Waals surface area contributed by atoms with Gasteiger partial charge in [-0.05, 0) is 40.0 Å². The van der Waals surface area contributed by atoms with E-state index >= 15 is 0 Å². The summed E-state index contributed by atoms with van der Waals surface area (Å²) in [6.45, 7) is 6.99. The number of hydrogen-bond acceptors (Lipinski definition) is 6. The fourth-order valence-corrected chi connectivity index (χ4v) is 2.73. The highest BCUT2D eigenvalue weighted by atomic mass is 16.9. The Kier molecular flexibility index (Phi) is 5.52. The van der Waals surface area contributed by atoms with Crippen LogP contribution in [0.3, 0.4) is 0 Å². The summed E-state index contributed by atoms with van der Waals surface area (Å²) in [5, 5.41) is 0. The number of esters is 1. The molecule has 2 aliphatic heterocycles. The third-order valence-electron chi connectivity index (χ3n) is 4.00. The average Bonchev–Trinajstić information content (AvgIpc) is 2.94. The lowest BCUT2D eigenvalue weighted by Crippen LogP contribution is -2.45. The molecule has 2 aliphatic rings. The molecule has 1 unspecified atom stereocenters. The van der Waals surface area contributed by atoms with Crippen LogP contribution in [0.2, 0.25) is 0 Å². The van der Waals surface area contributed by atoms with Crippen molar-refractivity contribution >= 4 is 12.1 Å². The predicted molar refractivity (Wildman–Crippen MR) is 81.5 cm³/mol. The maximum Gasteiger partial charge on any atom is 0.410 e.